The van der Waals surface area contributed by atoms with E-state index in [0.29, 0.717) is 19.4 Å². The first-order valence-electron chi connectivity index (χ1n) is 8.58. The lowest BCUT2D eigenvalue weighted by atomic mass is 9.85. The zero-order valence-electron chi connectivity index (χ0n) is 14.7. The van der Waals surface area contributed by atoms with Crippen LogP contribution in [-0.2, 0) is 13.1 Å². The van der Waals surface area contributed by atoms with E-state index in [4.69, 9.17) is 0 Å². The molecule has 0 heterocycles. The maximum Gasteiger partial charge on any atom is 0.391 e. The fraction of sp³-hybridized carbons (Fsp3) is 0.611. The number of carbonyl (C=O) groups is 1. The largest absolute Gasteiger partial charge is 0.391 e. The minimum atomic E-state index is -4.18. The molecule has 0 bridgehead atoms. The van der Waals surface area contributed by atoms with Crippen LogP contribution >= 0.6 is 0 Å². The van der Waals surface area contributed by atoms with Gasteiger partial charge in [-0.3, -0.25) is 0 Å². The van der Waals surface area contributed by atoms with Crippen molar-refractivity contribution in [3.05, 3.63) is 35.4 Å². The predicted molar refractivity (Wildman–Crippen MR) is 91.0 cm³/mol. The normalized spacial score (nSPS) is 21.2. The van der Waals surface area contributed by atoms with Gasteiger partial charge >= 0.3 is 12.2 Å². The molecule has 2 atom stereocenters. The smallest absolute Gasteiger partial charge is 0.335 e. The molecule has 1 aliphatic rings. The number of hydrogen-bond donors (Lipinski definition) is 2. The van der Waals surface area contributed by atoms with Crippen LogP contribution in [0.2, 0.25) is 0 Å². The van der Waals surface area contributed by atoms with Crippen molar-refractivity contribution >= 4 is 6.03 Å². The Morgan fingerprint density at radius 3 is 2.52 bits per heavy atom. The molecule has 1 aromatic rings. The van der Waals surface area contributed by atoms with Gasteiger partial charge in [-0.05, 0) is 44.5 Å². The molecule has 2 unspecified atom stereocenters. The van der Waals surface area contributed by atoms with Gasteiger partial charge < -0.3 is 15.5 Å². The molecule has 2 amide bonds. The van der Waals surface area contributed by atoms with Crippen LogP contribution in [0.1, 0.15) is 36.8 Å². The molecule has 0 aromatic heterocycles. The quantitative estimate of drug-likeness (QED) is 0.845. The summed E-state index contributed by atoms with van der Waals surface area (Å²) in [6.45, 7) is 1.11. The summed E-state index contributed by atoms with van der Waals surface area (Å²) in [5.41, 5.74) is 2.12. The monoisotopic (exact) mass is 357 g/mol. The number of nitrogens with one attached hydrogen (secondary N) is 2. The van der Waals surface area contributed by atoms with Crippen LogP contribution in [-0.4, -0.2) is 37.2 Å². The highest BCUT2D eigenvalue weighted by atomic mass is 19.4. The molecule has 4 nitrogen and oxygen atoms in total. The Balaban J connectivity index is 1.85. The summed E-state index contributed by atoms with van der Waals surface area (Å²) >= 11 is 0. The van der Waals surface area contributed by atoms with Crippen molar-refractivity contribution in [1.29, 1.82) is 0 Å². The molecular formula is C18H26F3N3O. The number of carbonyl (C=O) groups excluding carboxylic acids is 1. The van der Waals surface area contributed by atoms with Crippen LogP contribution < -0.4 is 10.6 Å². The molecule has 2 rings (SSSR count). The predicted octanol–water partition coefficient (Wildman–Crippen LogP) is 3.67. The number of nitrogens with zero attached hydrogens (tertiary/aromatic N) is 1. The van der Waals surface area contributed by atoms with E-state index in [1.807, 2.05) is 43.3 Å². The first kappa shape index (κ1) is 19.6. The second-order valence-corrected chi connectivity index (χ2v) is 6.94. The van der Waals surface area contributed by atoms with Crippen molar-refractivity contribution in [2.24, 2.45) is 5.92 Å². The molecule has 0 saturated heterocycles. The van der Waals surface area contributed by atoms with Gasteiger partial charge in [0.05, 0.1) is 5.92 Å². The Morgan fingerprint density at radius 2 is 1.88 bits per heavy atom. The van der Waals surface area contributed by atoms with Gasteiger partial charge in [0.15, 0.2) is 0 Å². The van der Waals surface area contributed by atoms with Crippen LogP contribution in [0.15, 0.2) is 24.3 Å². The van der Waals surface area contributed by atoms with Crippen LogP contribution in [0.5, 0.6) is 0 Å². The summed E-state index contributed by atoms with van der Waals surface area (Å²) in [6.07, 6.45) is -2.98. The zero-order chi connectivity index (χ0) is 18.4. The molecule has 0 radical (unpaired) electrons. The van der Waals surface area contributed by atoms with Gasteiger partial charge in [-0.15, -0.1) is 0 Å². The van der Waals surface area contributed by atoms with Gasteiger partial charge in [-0.25, -0.2) is 4.79 Å². The lowest BCUT2D eigenvalue weighted by Gasteiger charge is -2.31. The topological polar surface area (TPSA) is 44.4 Å². The Morgan fingerprint density at radius 1 is 1.20 bits per heavy atom. The minimum Gasteiger partial charge on any atom is -0.335 e. The van der Waals surface area contributed by atoms with E-state index in [-0.39, 0.29) is 12.8 Å². The van der Waals surface area contributed by atoms with Gasteiger partial charge in [-0.1, -0.05) is 30.7 Å². The molecule has 140 valence electrons. The average molecular weight is 357 g/mol. The first-order valence-corrected chi connectivity index (χ1v) is 8.58. The van der Waals surface area contributed by atoms with Gasteiger partial charge in [0, 0.05) is 19.1 Å². The Hall–Kier alpha value is -1.76. The van der Waals surface area contributed by atoms with Gasteiger partial charge in [0.1, 0.15) is 0 Å². The van der Waals surface area contributed by atoms with Crippen LogP contribution in [0.3, 0.4) is 0 Å². The molecule has 2 N–H and O–H groups in total. The average Bonchev–Trinajstić information content (AvgIpc) is 2.53. The van der Waals surface area contributed by atoms with E-state index in [1.54, 1.807) is 0 Å². The summed E-state index contributed by atoms with van der Waals surface area (Å²) in [5, 5.41) is 5.45. The standard InChI is InChI=1S/C18H26F3N3O/c1-24(2)12-14-7-4-3-6-13(14)11-22-17(25)23-16-9-5-8-15(10-16)18(19,20)21/h3-4,6-7,15-16H,5,8-12H2,1-2H3,(H2,22,23,25). The van der Waals surface area contributed by atoms with Crippen molar-refractivity contribution in [2.75, 3.05) is 14.1 Å². The third-order valence-electron chi connectivity index (χ3n) is 4.52. The second-order valence-electron chi connectivity index (χ2n) is 6.94. The molecule has 0 spiro atoms. The van der Waals surface area contributed by atoms with Crippen LogP contribution in [0.25, 0.3) is 0 Å². The highest BCUT2D eigenvalue weighted by Crippen LogP contribution is 2.37. The number of urea groups is 1. The molecule has 25 heavy (non-hydrogen) atoms. The van der Waals surface area contributed by atoms with Gasteiger partial charge in [-0.2, -0.15) is 13.2 Å². The number of halogens is 3. The fourth-order valence-electron chi connectivity index (χ4n) is 3.26. The third kappa shape index (κ3) is 6.23. The molecule has 7 heteroatoms. The highest BCUT2D eigenvalue weighted by molar-refractivity contribution is 5.74. The van der Waals surface area contributed by atoms with Crippen molar-refractivity contribution in [3.63, 3.8) is 0 Å². The summed E-state index contributed by atoms with van der Waals surface area (Å²) < 4.78 is 38.5. The minimum absolute atomic E-state index is 0.0336. The molecular weight excluding hydrogens is 331 g/mol. The van der Waals surface area contributed by atoms with Crippen molar-refractivity contribution in [1.82, 2.24) is 15.5 Å². The number of amides is 2. The maximum atomic E-state index is 12.8. The molecule has 1 aromatic carbocycles. The van der Waals surface area contributed by atoms with Crippen LogP contribution in [0, 0.1) is 5.92 Å². The van der Waals surface area contributed by atoms with E-state index in [0.717, 1.165) is 17.7 Å². The number of rotatable bonds is 5. The molecule has 0 aliphatic heterocycles. The molecule has 1 aliphatic carbocycles. The summed E-state index contributed by atoms with van der Waals surface area (Å²) in [7, 11) is 3.94. The van der Waals surface area contributed by atoms with Gasteiger partial charge in [0.2, 0.25) is 0 Å². The maximum absolute atomic E-state index is 12.8. The third-order valence-corrected chi connectivity index (χ3v) is 4.52. The molecule has 1 fully saturated rings. The van der Waals surface area contributed by atoms with Crippen molar-refractivity contribution in [3.8, 4) is 0 Å². The Labute approximate surface area is 146 Å². The first-order chi connectivity index (χ1) is 11.8. The SMILES string of the molecule is CN(C)Cc1ccccc1CNC(=O)NC1CCCC(C(F)(F)F)C1. The zero-order valence-corrected chi connectivity index (χ0v) is 14.7. The van der Waals surface area contributed by atoms with E-state index in [1.165, 1.54) is 0 Å². The lowest BCUT2D eigenvalue weighted by molar-refractivity contribution is -0.183. The van der Waals surface area contributed by atoms with Crippen molar-refractivity contribution in [2.45, 2.75) is 51.0 Å². The highest BCUT2D eigenvalue weighted by Gasteiger charge is 2.42. The van der Waals surface area contributed by atoms with Gasteiger partial charge in [0.25, 0.3) is 0 Å². The number of hydrogen-bond acceptors (Lipinski definition) is 2. The lowest BCUT2D eigenvalue weighted by Crippen LogP contribution is -2.45. The number of benzene rings is 1. The summed E-state index contributed by atoms with van der Waals surface area (Å²) in [6, 6.07) is 6.97. The van der Waals surface area contributed by atoms with E-state index in [2.05, 4.69) is 10.6 Å². The van der Waals surface area contributed by atoms with E-state index in [9.17, 15) is 18.0 Å². The second kappa shape index (κ2) is 8.56. The van der Waals surface area contributed by atoms with E-state index >= 15 is 0 Å². The molecule has 1 saturated carbocycles. The van der Waals surface area contributed by atoms with E-state index < -0.39 is 24.2 Å². The Bertz CT molecular complexity index is 575. The Kier molecular flexibility index (Phi) is 6.70. The fourth-order valence-corrected chi connectivity index (χ4v) is 3.26. The number of alkyl halides is 3. The van der Waals surface area contributed by atoms with Crippen LogP contribution in [0.4, 0.5) is 18.0 Å². The van der Waals surface area contributed by atoms with Crippen molar-refractivity contribution < 1.29 is 18.0 Å². The summed E-state index contributed by atoms with van der Waals surface area (Å²) in [5.74, 6) is -1.31. The summed E-state index contributed by atoms with van der Waals surface area (Å²) in [4.78, 5) is 14.1.